The molecular formula is C21H29N5O. The Morgan fingerprint density at radius 2 is 1.81 bits per heavy atom. The van der Waals surface area contributed by atoms with E-state index in [-0.39, 0.29) is 5.91 Å². The van der Waals surface area contributed by atoms with Crippen molar-refractivity contribution < 1.29 is 4.79 Å². The lowest BCUT2D eigenvalue weighted by Crippen LogP contribution is -2.45. The van der Waals surface area contributed by atoms with Crippen LogP contribution < -0.4 is 10.2 Å². The monoisotopic (exact) mass is 367 g/mol. The number of amides is 1. The van der Waals surface area contributed by atoms with Crippen LogP contribution in [0.1, 0.15) is 30.8 Å². The second-order valence-electron chi connectivity index (χ2n) is 7.53. The number of hydrogen-bond acceptors (Lipinski definition) is 5. The molecule has 0 aliphatic carbocycles. The van der Waals surface area contributed by atoms with Crippen molar-refractivity contribution in [3.8, 4) is 11.4 Å². The number of anilines is 1. The van der Waals surface area contributed by atoms with Crippen LogP contribution in [0, 0.1) is 5.92 Å². The highest BCUT2D eigenvalue weighted by Gasteiger charge is 2.19. The molecule has 6 heteroatoms. The molecule has 2 aromatic rings. The van der Waals surface area contributed by atoms with E-state index in [1.807, 2.05) is 36.4 Å². The van der Waals surface area contributed by atoms with Gasteiger partial charge in [0.15, 0.2) is 5.82 Å². The Bertz CT molecular complexity index is 754. The number of nitrogens with zero attached hydrogens (tertiary/aromatic N) is 4. The second-order valence-corrected chi connectivity index (χ2v) is 7.53. The summed E-state index contributed by atoms with van der Waals surface area (Å²) in [6, 6.07) is 11.7. The van der Waals surface area contributed by atoms with Crippen molar-refractivity contribution in [3.63, 3.8) is 0 Å². The van der Waals surface area contributed by atoms with Crippen LogP contribution in [0.25, 0.3) is 11.4 Å². The number of carbonyl (C=O) groups is 1. The third-order valence-corrected chi connectivity index (χ3v) is 4.81. The standard InChI is InChI=1S/C21H29N5O/c1-16(2)9-10-22-21(27)18-15-19(26-13-11-25(3)12-14-26)24-20(23-18)17-7-5-4-6-8-17/h4-8,15-16H,9-14H2,1-3H3,(H,22,27). The molecule has 1 aliphatic heterocycles. The van der Waals surface area contributed by atoms with Gasteiger partial charge in [0, 0.05) is 44.4 Å². The van der Waals surface area contributed by atoms with Gasteiger partial charge in [0.25, 0.3) is 5.91 Å². The first-order valence-corrected chi connectivity index (χ1v) is 9.69. The Balaban J connectivity index is 1.87. The largest absolute Gasteiger partial charge is 0.354 e. The maximum atomic E-state index is 12.7. The molecule has 27 heavy (non-hydrogen) atoms. The normalized spacial score (nSPS) is 15.2. The fourth-order valence-electron chi connectivity index (χ4n) is 3.03. The summed E-state index contributed by atoms with van der Waals surface area (Å²) in [6.07, 6.45) is 0.952. The minimum absolute atomic E-state index is 0.134. The molecule has 2 heterocycles. The summed E-state index contributed by atoms with van der Waals surface area (Å²) < 4.78 is 0. The Morgan fingerprint density at radius 3 is 2.48 bits per heavy atom. The fraction of sp³-hybridized carbons (Fsp3) is 0.476. The smallest absolute Gasteiger partial charge is 0.270 e. The van der Waals surface area contributed by atoms with Crippen LogP contribution in [0.5, 0.6) is 0 Å². The Morgan fingerprint density at radius 1 is 1.11 bits per heavy atom. The van der Waals surface area contributed by atoms with Gasteiger partial charge in [0.1, 0.15) is 11.5 Å². The molecule has 1 amide bonds. The Hall–Kier alpha value is -2.47. The highest BCUT2D eigenvalue weighted by molar-refractivity contribution is 5.93. The second kappa shape index (κ2) is 8.95. The molecule has 0 bridgehead atoms. The zero-order chi connectivity index (χ0) is 19.2. The van der Waals surface area contributed by atoms with Crippen LogP contribution >= 0.6 is 0 Å². The first-order valence-electron chi connectivity index (χ1n) is 9.69. The van der Waals surface area contributed by atoms with Gasteiger partial charge in [-0.25, -0.2) is 9.97 Å². The van der Waals surface area contributed by atoms with E-state index in [4.69, 9.17) is 4.98 Å². The number of benzene rings is 1. The van der Waals surface area contributed by atoms with Crippen molar-refractivity contribution >= 4 is 11.7 Å². The minimum atomic E-state index is -0.134. The highest BCUT2D eigenvalue weighted by Crippen LogP contribution is 2.21. The number of carbonyl (C=O) groups excluding carboxylic acids is 1. The van der Waals surface area contributed by atoms with Crippen LogP contribution in [0.4, 0.5) is 5.82 Å². The minimum Gasteiger partial charge on any atom is -0.354 e. The molecule has 6 nitrogen and oxygen atoms in total. The van der Waals surface area contributed by atoms with Gasteiger partial charge in [0.2, 0.25) is 0 Å². The average molecular weight is 367 g/mol. The topological polar surface area (TPSA) is 61.4 Å². The number of piperazine rings is 1. The average Bonchev–Trinajstić information content (AvgIpc) is 2.68. The maximum Gasteiger partial charge on any atom is 0.270 e. The van der Waals surface area contributed by atoms with E-state index in [0.29, 0.717) is 24.0 Å². The van der Waals surface area contributed by atoms with E-state index >= 15 is 0 Å². The molecule has 0 atom stereocenters. The molecular weight excluding hydrogens is 338 g/mol. The van der Waals surface area contributed by atoms with E-state index in [1.165, 1.54) is 0 Å². The van der Waals surface area contributed by atoms with Gasteiger partial charge < -0.3 is 15.1 Å². The molecule has 0 spiro atoms. The van der Waals surface area contributed by atoms with Crippen molar-refractivity contribution in [2.75, 3.05) is 44.7 Å². The van der Waals surface area contributed by atoms with Gasteiger partial charge in [-0.2, -0.15) is 0 Å². The quantitative estimate of drug-likeness (QED) is 0.851. The van der Waals surface area contributed by atoms with Crippen LogP contribution in [-0.2, 0) is 0 Å². The van der Waals surface area contributed by atoms with Crippen molar-refractivity contribution in [2.45, 2.75) is 20.3 Å². The zero-order valence-corrected chi connectivity index (χ0v) is 16.5. The van der Waals surface area contributed by atoms with Gasteiger partial charge >= 0.3 is 0 Å². The SMILES string of the molecule is CC(C)CCNC(=O)c1cc(N2CCN(C)CC2)nc(-c2ccccc2)n1. The summed E-state index contributed by atoms with van der Waals surface area (Å²) in [7, 11) is 2.13. The zero-order valence-electron chi connectivity index (χ0n) is 16.5. The summed E-state index contributed by atoms with van der Waals surface area (Å²) in [6.45, 7) is 8.73. The predicted octanol–water partition coefficient (Wildman–Crippen LogP) is 2.67. The van der Waals surface area contributed by atoms with E-state index in [2.05, 4.69) is 41.0 Å². The molecule has 0 saturated carbocycles. The van der Waals surface area contributed by atoms with E-state index < -0.39 is 0 Å². The van der Waals surface area contributed by atoms with Gasteiger partial charge in [0.05, 0.1) is 0 Å². The lowest BCUT2D eigenvalue weighted by Gasteiger charge is -2.33. The molecule has 1 aromatic heterocycles. The number of aromatic nitrogens is 2. The van der Waals surface area contributed by atoms with Crippen molar-refractivity contribution in [1.82, 2.24) is 20.2 Å². The third kappa shape index (κ3) is 5.26. The number of likely N-dealkylation sites (N-methyl/N-ethyl adjacent to an activating group) is 1. The summed E-state index contributed by atoms with van der Waals surface area (Å²) >= 11 is 0. The van der Waals surface area contributed by atoms with E-state index in [9.17, 15) is 4.79 Å². The van der Waals surface area contributed by atoms with E-state index in [1.54, 1.807) is 0 Å². The summed E-state index contributed by atoms with van der Waals surface area (Å²) in [5.41, 5.74) is 1.35. The third-order valence-electron chi connectivity index (χ3n) is 4.81. The lowest BCUT2D eigenvalue weighted by atomic mass is 10.1. The summed E-state index contributed by atoms with van der Waals surface area (Å²) in [4.78, 5) is 26.5. The predicted molar refractivity (Wildman–Crippen MR) is 109 cm³/mol. The Labute approximate surface area is 161 Å². The molecule has 1 aromatic carbocycles. The molecule has 3 rings (SSSR count). The molecule has 0 unspecified atom stereocenters. The Kier molecular flexibility index (Phi) is 6.40. The van der Waals surface area contributed by atoms with E-state index in [0.717, 1.165) is 44.0 Å². The van der Waals surface area contributed by atoms with Gasteiger partial charge in [-0.3, -0.25) is 4.79 Å². The number of rotatable bonds is 6. The molecule has 1 aliphatic rings. The van der Waals surface area contributed by atoms with Gasteiger partial charge in [-0.1, -0.05) is 44.2 Å². The lowest BCUT2D eigenvalue weighted by molar-refractivity contribution is 0.0947. The maximum absolute atomic E-state index is 12.7. The molecule has 144 valence electrons. The molecule has 1 fully saturated rings. The summed E-state index contributed by atoms with van der Waals surface area (Å²) in [5, 5.41) is 2.99. The molecule has 0 radical (unpaired) electrons. The molecule has 1 N–H and O–H groups in total. The van der Waals surface area contributed by atoms with Crippen LogP contribution in [0.3, 0.4) is 0 Å². The van der Waals surface area contributed by atoms with Crippen LogP contribution in [-0.4, -0.2) is 60.5 Å². The number of nitrogens with one attached hydrogen (secondary N) is 1. The van der Waals surface area contributed by atoms with Crippen molar-refractivity contribution in [3.05, 3.63) is 42.1 Å². The van der Waals surface area contributed by atoms with Crippen LogP contribution in [0.15, 0.2) is 36.4 Å². The first-order chi connectivity index (χ1) is 13.0. The fourth-order valence-corrected chi connectivity index (χ4v) is 3.03. The molecule has 1 saturated heterocycles. The number of hydrogen-bond donors (Lipinski definition) is 1. The summed E-state index contributed by atoms with van der Waals surface area (Å²) in [5.74, 6) is 1.84. The van der Waals surface area contributed by atoms with Crippen molar-refractivity contribution in [1.29, 1.82) is 0 Å². The van der Waals surface area contributed by atoms with Gasteiger partial charge in [-0.05, 0) is 19.4 Å². The van der Waals surface area contributed by atoms with Gasteiger partial charge in [-0.15, -0.1) is 0 Å². The highest BCUT2D eigenvalue weighted by atomic mass is 16.1. The van der Waals surface area contributed by atoms with Crippen molar-refractivity contribution in [2.24, 2.45) is 5.92 Å². The first kappa shape index (κ1) is 19.3. The van der Waals surface area contributed by atoms with Crippen LogP contribution in [0.2, 0.25) is 0 Å².